The molecular formula is C19H29BrN4O2. The minimum atomic E-state index is 0.193. The average molecular weight is 425 g/mol. The third-order valence-electron chi connectivity index (χ3n) is 5.48. The van der Waals surface area contributed by atoms with E-state index in [9.17, 15) is 5.11 Å². The SMILES string of the molecule is CO/N=C/c1cc(Br)cnc1N1CCC(NC2CCCCC2)C(CO)C1. The molecule has 3 rings (SSSR count). The summed E-state index contributed by atoms with van der Waals surface area (Å²) < 4.78 is 0.909. The number of piperidine rings is 1. The maximum absolute atomic E-state index is 9.97. The number of halogens is 1. The molecule has 0 spiro atoms. The molecule has 1 aromatic rings. The Morgan fingerprint density at radius 3 is 2.92 bits per heavy atom. The van der Waals surface area contributed by atoms with Gasteiger partial charge in [0.25, 0.3) is 0 Å². The van der Waals surface area contributed by atoms with Gasteiger partial charge in [0.05, 0.1) is 6.21 Å². The van der Waals surface area contributed by atoms with Gasteiger partial charge in [-0.15, -0.1) is 0 Å². The van der Waals surface area contributed by atoms with E-state index in [1.807, 2.05) is 6.07 Å². The van der Waals surface area contributed by atoms with Crippen molar-refractivity contribution in [3.05, 3.63) is 22.3 Å². The van der Waals surface area contributed by atoms with Crippen molar-refractivity contribution in [2.24, 2.45) is 11.1 Å². The summed E-state index contributed by atoms with van der Waals surface area (Å²) in [7, 11) is 1.53. The van der Waals surface area contributed by atoms with Gasteiger partial charge < -0.3 is 20.2 Å². The molecule has 0 bridgehead atoms. The van der Waals surface area contributed by atoms with E-state index in [0.717, 1.165) is 35.4 Å². The first kappa shape index (κ1) is 19.6. The highest BCUT2D eigenvalue weighted by Gasteiger charge is 2.31. The van der Waals surface area contributed by atoms with E-state index in [2.05, 4.69) is 36.3 Å². The second-order valence-corrected chi connectivity index (χ2v) is 8.18. The Hall–Kier alpha value is -1.18. The number of rotatable bonds is 6. The van der Waals surface area contributed by atoms with Gasteiger partial charge in [0.15, 0.2) is 0 Å². The number of pyridine rings is 1. The van der Waals surface area contributed by atoms with Crippen molar-refractivity contribution in [1.29, 1.82) is 0 Å². The number of nitrogens with one attached hydrogen (secondary N) is 1. The van der Waals surface area contributed by atoms with Gasteiger partial charge in [0.1, 0.15) is 12.9 Å². The third-order valence-corrected chi connectivity index (χ3v) is 5.92. The number of anilines is 1. The Kier molecular flexibility index (Phi) is 7.28. The average Bonchev–Trinajstić information content (AvgIpc) is 2.67. The van der Waals surface area contributed by atoms with Gasteiger partial charge in [-0.1, -0.05) is 24.4 Å². The minimum absolute atomic E-state index is 0.193. The molecule has 2 atom stereocenters. The summed E-state index contributed by atoms with van der Waals surface area (Å²) in [5.74, 6) is 1.10. The summed E-state index contributed by atoms with van der Waals surface area (Å²) in [6.45, 7) is 1.91. The molecule has 1 saturated heterocycles. The number of aromatic nitrogens is 1. The van der Waals surface area contributed by atoms with Crippen LogP contribution in [-0.4, -0.2) is 55.2 Å². The Labute approximate surface area is 164 Å². The van der Waals surface area contributed by atoms with E-state index in [0.29, 0.717) is 12.1 Å². The lowest BCUT2D eigenvalue weighted by molar-refractivity contribution is 0.160. The first-order valence-corrected chi connectivity index (χ1v) is 10.3. The fourth-order valence-electron chi connectivity index (χ4n) is 4.12. The van der Waals surface area contributed by atoms with E-state index in [4.69, 9.17) is 4.84 Å². The van der Waals surface area contributed by atoms with Crippen LogP contribution < -0.4 is 10.2 Å². The molecule has 0 radical (unpaired) electrons. The van der Waals surface area contributed by atoms with Gasteiger partial charge in [-0.25, -0.2) is 4.98 Å². The zero-order valence-corrected chi connectivity index (χ0v) is 17.0. The molecule has 2 aliphatic rings. The predicted octanol–water partition coefficient (Wildman–Crippen LogP) is 2.93. The Bertz CT molecular complexity index is 607. The molecule has 1 saturated carbocycles. The Morgan fingerprint density at radius 1 is 1.38 bits per heavy atom. The Morgan fingerprint density at radius 2 is 2.19 bits per heavy atom. The molecule has 7 heteroatoms. The number of aliphatic hydroxyl groups excluding tert-OH is 1. The molecular weight excluding hydrogens is 396 g/mol. The van der Waals surface area contributed by atoms with Crippen LogP contribution >= 0.6 is 15.9 Å². The lowest BCUT2D eigenvalue weighted by Gasteiger charge is -2.41. The molecule has 2 heterocycles. The highest BCUT2D eigenvalue weighted by molar-refractivity contribution is 9.10. The monoisotopic (exact) mass is 424 g/mol. The standard InChI is InChI=1S/C19H29BrN4O2/c1-26-22-10-14-9-16(20)11-21-19(14)24-8-7-18(15(12-24)13-25)23-17-5-3-2-4-6-17/h9-11,15,17-18,23,25H,2-8,12-13H2,1H3/b22-10+. The molecule has 26 heavy (non-hydrogen) atoms. The lowest BCUT2D eigenvalue weighted by Crippen LogP contribution is -2.53. The van der Waals surface area contributed by atoms with Gasteiger partial charge in [0.2, 0.25) is 0 Å². The van der Waals surface area contributed by atoms with E-state index in [1.54, 1.807) is 12.4 Å². The van der Waals surface area contributed by atoms with Crippen molar-refractivity contribution in [3.63, 3.8) is 0 Å². The topological polar surface area (TPSA) is 70.0 Å². The summed E-state index contributed by atoms with van der Waals surface area (Å²) in [6, 6.07) is 2.99. The first-order chi connectivity index (χ1) is 12.7. The second kappa shape index (κ2) is 9.67. The van der Waals surface area contributed by atoms with Crippen molar-refractivity contribution in [1.82, 2.24) is 10.3 Å². The normalized spacial score (nSPS) is 25.0. The van der Waals surface area contributed by atoms with E-state index >= 15 is 0 Å². The van der Waals surface area contributed by atoms with Gasteiger partial charge >= 0.3 is 0 Å². The Balaban J connectivity index is 1.69. The molecule has 2 unspecified atom stereocenters. The molecule has 6 nitrogen and oxygen atoms in total. The maximum Gasteiger partial charge on any atom is 0.137 e. The molecule has 1 aromatic heterocycles. The zero-order chi connectivity index (χ0) is 18.4. The number of aliphatic hydroxyl groups is 1. The van der Waals surface area contributed by atoms with Crippen LogP contribution in [0, 0.1) is 5.92 Å². The van der Waals surface area contributed by atoms with E-state index < -0.39 is 0 Å². The maximum atomic E-state index is 9.97. The third kappa shape index (κ3) is 4.96. The van der Waals surface area contributed by atoms with Crippen LogP contribution in [0.5, 0.6) is 0 Å². The second-order valence-electron chi connectivity index (χ2n) is 7.27. The molecule has 0 amide bonds. The van der Waals surface area contributed by atoms with Crippen molar-refractivity contribution in [2.75, 3.05) is 31.7 Å². The molecule has 1 aliphatic heterocycles. The van der Waals surface area contributed by atoms with Crippen LogP contribution in [0.3, 0.4) is 0 Å². The van der Waals surface area contributed by atoms with Crippen LogP contribution in [0.2, 0.25) is 0 Å². The summed E-state index contributed by atoms with van der Waals surface area (Å²) in [5.41, 5.74) is 0.914. The largest absolute Gasteiger partial charge is 0.399 e. The summed E-state index contributed by atoms with van der Waals surface area (Å²) in [6.07, 6.45) is 11.1. The zero-order valence-electron chi connectivity index (χ0n) is 15.4. The van der Waals surface area contributed by atoms with E-state index in [1.165, 1.54) is 39.2 Å². The highest BCUT2D eigenvalue weighted by atomic mass is 79.9. The number of oxime groups is 1. The fourth-order valence-corrected chi connectivity index (χ4v) is 4.47. The van der Waals surface area contributed by atoms with Gasteiger partial charge in [-0.3, -0.25) is 0 Å². The predicted molar refractivity (Wildman–Crippen MR) is 108 cm³/mol. The van der Waals surface area contributed by atoms with Crippen molar-refractivity contribution >= 4 is 28.0 Å². The van der Waals surface area contributed by atoms with Crippen LogP contribution in [0.1, 0.15) is 44.1 Å². The van der Waals surface area contributed by atoms with Gasteiger partial charge in [-0.2, -0.15) is 0 Å². The van der Waals surface area contributed by atoms with Crippen LogP contribution in [0.4, 0.5) is 5.82 Å². The highest BCUT2D eigenvalue weighted by Crippen LogP contribution is 2.27. The van der Waals surface area contributed by atoms with Gasteiger partial charge in [0, 0.05) is 53.9 Å². The van der Waals surface area contributed by atoms with Gasteiger partial charge in [-0.05, 0) is 41.3 Å². The molecule has 2 N–H and O–H groups in total. The summed E-state index contributed by atoms with van der Waals surface area (Å²) >= 11 is 3.47. The van der Waals surface area contributed by atoms with Crippen molar-refractivity contribution < 1.29 is 9.94 Å². The number of hydrogen-bond donors (Lipinski definition) is 2. The van der Waals surface area contributed by atoms with Crippen LogP contribution in [0.25, 0.3) is 0 Å². The fraction of sp³-hybridized carbons (Fsp3) is 0.684. The molecule has 2 fully saturated rings. The van der Waals surface area contributed by atoms with Crippen molar-refractivity contribution in [3.8, 4) is 0 Å². The first-order valence-electron chi connectivity index (χ1n) is 9.55. The summed E-state index contributed by atoms with van der Waals surface area (Å²) in [4.78, 5) is 11.7. The summed E-state index contributed by atoms with van der Waals surface area (Å²) in [5, 5.41) is 17.7. The molecule has 0 aromatic carbocycles. The smallest absolute Gasteiger partial charge is 0.137 e. The van der Waals surface area contributed by atoms with E-state index in [-0.39, 0.29) is 12.5 Å². The quantitative estimate of drug-likeness (QED) is 0.542. The lowest BCUT2D eigenvalue weighted by atomic mass is 9.89. The number of nitrogens with zero attached hydrogens (tertiary/aromatic N) is 3. The minimum Gasteiger partial charge on any atom is -0.399 e. The van der Waals surface area contributed by atoms with Crippen molar-refractivity contribution in [2.45, 2.75) is 50.6 Å². The molecule has 1 aliphatic carbocycles. The number of hydrogen-bond acceptors (Lipinski definition) is 6. The molecule has 144 valence electrons. The van der Waals surface area contributed by atoms with Crippen LogP contribution in [0.15, 0.2) is 21.9 Å². The van der Waals surface area contributed by atoms with Crippen LogP contribution in [-0.2, 0) is 4.84 Å².